The minimum absolute atomic E-state index is 0.176. The second-order valence-electron chi connectivity index (χ2n) is 8.06. The fraction of sp³-hybridized carbons (Fsp3) is 0.0667. The van der Waals surface area contributed by atoms with Crippen molar-refractivity contribution in [1.82, 2.24) is 4.98 Å². The monoisotopic (exact) mass is 476 g/mol. The van der Waals surface area contributed by atoms with E-state index < -0.39 is 0 Å². The first-order chi connectivity index (χ1) is 17.6. The molecule has 0 radical (unpaired) electrons. The fourth-order valence-corrected chi connectivity index (χ4v) is 3.92. The molecule has 0 aliphatic heterocycles. The Kier molecular flexibility index (Phi) is 6.49. The van der Waals surface area contributed by atoms with E-state index in [1.165, 1.54) is 0 Å². The molecule has 0 aliphatic carbocycles. The molecule has 5 rings (SSSR count). The van der Waals surface area contributed by atoms with Crippen LogP contribution in [-0.4, -0.2) is 25.1 Å². The molecule has 0 bridgehead atoms. The van der Waals surface area contributed by atoms with Crippen molar-refractivity contribution >= 4 is 22.5 Å². The quantitative estimate of drug-likeness (QED) is 0.275. The highest BCUT2D eigenvalue weighted by Gasteiger charge is 2.12. The van der Waals surface area contributed by atoms with Gasteiger partial charge in [0.1, 0.15) is 11.5 Å². The lowest BCUT2D eigenvalue weighted by Crippen LogP contribution is -2.11. The Bertz CT molecular complexity index is 1500. The van der Waals surface area contributed by atoms with Gasteiger partial charge in [-0.15, -0.1) is 0 Å². The van der Waals surface area contributed by atoms with Crippen LogP contribution in [0, 0.1) is 0 Å². The highest BCUT2D eigenvalue weighted by Crippen LogP contribution is 2.37. The molecule has 0 aliphatic rings. The maximum atomic E-state index is 12.7. The van der Waals surface area contributed by atoms with Crippen molar-refractivity contribution in [2.45, 2.75) is 0 Å². The summed E-state index contributed by atoms with van der Waals surface area (Å²) in [6, 6.07) is 30.3. The predicted molar refractivity (Wildman–Crippen MR) is 141 cm³/mol. The smallest absolute Gasteiger partial charge is 0.255 e. The summed E-state index contributed by atoms with van der Waals surface area (Å²) in [5.74, 6) is 2.28. The molecule has 4 aromatic carbocycles. The van der Waals surface area contributed by atoms with Gasteiger partial charge in [-0.2, -0.15) is 0 Å². The maximum absolute atomic E-state index is 12.7. The molecular formula is C30H24N2O4. The lowest BCUT2D eigenvalue weighted by Gasteiger charge is -2.13. The molecule has 36 heavy (non-hydrogen) atoms. The van der Waals surface area contributed by atoms with Gasteiger partial charge in [0.25, 0.3) is 5.91 Å². The van der Waals surface area contributed by atoms with Crippen LogP contribution in [0.4, 0.5) is 5.69 Å². The third kappa shape index (κ3) is 4.83. The van der Waals surface area contributed by atoms with Crippen LogP contribution >= 0.6 is 0 Å². The van der Waals surface area contributed by atoms with Gasteiger partial charge in [-0.25, -0.2) is 0 Å². The summed E-state index contributed by atoms with van der Waals surface area (Å²) >= 11 is 0. The van der Waals surface area contributed by atoms with Crippen molar-refractivity contribution in [1.29, 1.82) is 0 Å². The number of anilines is 1. The standard InChI is InChI=1S/C30H24N2O4/c1-34-28-18-25-26(19-29(28)35-2)31-17-16-27(25)36-24-14-12-23(13-15-24)32-30(33)22-10-8-21(9-11-22)20-6-4-3-5-7-20/h3-19H,1-2H3,(H,32,33). The van der Waals surface area contributed by atoms with E-state index in [-0.39, 0.29) is 5.91 Å². The first kappa shape index (κ1) is 22.9. The number of benzene rings is 4. The van der Waals surface area contributed by atoms with E-state index in [0.717, 1.165) is 22.0 Å². The normalized spacial score (nSPS) is 10.6. The SMILES string of the molecule is COc1cc2nccc(Oc3ccc(NC(=O)c4ccc(-c5ccccc5)cc4)cc3)c2cc1OC. The van der Waals surface area contributed by atoms with Crippen LogP contribution in [0.3, 0.4) is 0 Å². The summed E-state index contributed by atoms with van der Waals surface area (Å²) in [6.45, 7) is 0. The molecule has 5 aromatic rings. The zero-order chi connectivity index (χ0) is 24.9. The van der Waals surface area contributed by atoms with Crippen molar-refractivity contribution in [3.05, 3.63) is 109 Å². The van der Waals surface area contributed by atoms with Crippen LogP contribution in [0.2, 0.25) is 0 Å². The van der Waals surface area contributed by atoms with E-state index in [2.05, 4.69) is 10.3 Å². The molecule has 0 saturated heterocycles. The fourth-order valence-electron chi connectivity index (χ4n) is 3.92. The summed E-state index contributed by atoms with van der Waals surface area (Å²) in [5, 5.41) is 3.73. The van der Waals surface area contributed by atoms with E-state index in [4.69, 9.17) is 14.2 Å². The average molecular weight is 477 g/mol. The molecule has 0 saturated carbocycles. The summed E-state index contributed by atoms with van der Waals surface area (Å²) in [7, 11) is 3.18. The van der Waals surface area contributed by atoms with E-state index in [1.807, 2.05) is 66.7 Å². The van der Waals surface area contributed by atoms with E-state index >= 15 is 0 Å². The summed E-state index contributed by atoms with van der Waals surface area (Å²) < 4.78 is 16.9. The van der Waals surface area contributed by atoms with Crippen LogP contribution in [0.25, 0.3) is 22.0 Å². The van der Waals surface area contributed by atoms with Gasteiger partial charge in [-0.05, 0) is 59.7 Å². The Labute approximate surface area is 209 Å². The number of carbonyl (C=O) groups excluding carboxylic acids is 1. The molecule has 1 aromatic heterocycles. The van der Waals surface area contributed by atoms with Crippen LogP contribution in [0.15, 0.2) is 103 Å². The molecule has 1 N–H and O–H groups in total. The molecule has 6 heteroatoms. The first-order valence-electron chi connectivity index (χ1n) is 11.4. The van der Waals surface area contributed by atoms with Crippen molar-refractivity contribution in [2.24, 2.45) is 0 Å². The van der Waals surface area contributed by atoms with Gasteiger partial charge in [-0.1, -0.05) is 42.5 Å². The van der Waals surface area contributed by atoms with Crippen LogP contribution in [0.1, 0.15) is 10.4 Å². The third-order valence-electron chi connectivity index (χ3n) is 5.80. The van der Waals surface area contributed by atoms with Crippen molar-refractivity contribution < 1.29 is 19.0 Å². The number of carbonyl (C=O) groups is 1. The van der Waals surface area contributed by atoms with Gasteiger partial charge in [-0.3, -0.25) is 9.78 Å². The lowest BCUT2D eigenvalue weighted by atomic mass is 10.0. The molecule has 1 amide bonds. The van der Waals surface area contributed by atoms with Gasteiger partial charge in [0.2, 0.25) is 0 Å². The van der Waals surface area contributed by atoms with Gasteiger partial charge >= 0.3 is 0 Å². The zero-order valence-corrected chi connectivity index (χ0v) is 19.9. The number of fused-ring (bicyclic) bond motifs is 1. The topological polar surface area (TPSA) is 69.7 Å². The Morgan fingerprint density at radius 1 is 0.722 bits per heavy atom. The number of rotatable bonds is 7. The number of hydrogen-bond acceptors (Lipinski definition) is 5. The molecule has 0 spiro atoms. The number of ether oxygens (including phenoxy) is 3. The molecule has 0 fully saturated rings. The van der Waals surface area contributed by atoms with Crippen LogP contribution < -0.4 is 19.5 Å². The highest BCUT2D eigenvalue weighted by molar-refractivity contribution is 6.04. The number of aromatic nitrogens is 1. The highest BCUT2D eigenvalue weighted by atomic mass is 16.5. The second-order valence-corrected chi connectivity index (χ2v) is 8.06. The van der Waals surface area contributed by atoms with Gasteiger partial charge in [0.05, 0.1) is 19.7 Å². The van der Waals surface area contributed by atoms with Crippen LogP contribution in [0.5, 0.6) is 23.0 Å². The number of nitrogens with zero attached hydrogens (tertiary/aromatic N) is 1. The van der Waals surface area contributed by atoms with E-state index in [0.29, 0.717) is 34.2 Å². The second kappa shape index (κ2) is 10.2. The molecule has 0 atom stereocenters. The van der Waals surface area contributed by atoms with Crippen molar-refractivity contribution in [3.63, 3.8) is 0 Å². The van der Waals surface area contributed by atoms with E-state index in [9.17, 15) is 4.79 Å². The molecule has 178 valence electrons. The molecule has 0 unspecified atom stereocenters. The lowest BCUT2D eigenvalue weighted by molar-refractivity contribution is 0.102. The Balaban J connectivity index is 1.29. The minimum atomic E-state index is -0.176. The number of nitrogens with one attached hydrogen (secondary N) is 1. The third-order valence-corrected chi connectivity index (χ3v) is 5.80. The molecule has 1 heterocycles. The summed E-state index contributed by atoms with van der Waals surface area (Å²) in [6.07, 6.45) is 1.68. The van der Waals surface area contributed by atoms with Gasteiger partial charge in [0.15, 0.2) is 11.5 Å². The van der Waals surface area contributed by atoms with E-state index in [1.54, 1.807) is 50.7 Å². The largest absolute Gasteiger partial charge is 0.493 e. The van der Waals surface area contributed by atoms with Crippen molar-refractivity contribution in [2.75, 3.05) is 19.5 Å². The van der Waals surface area contributed by atoms with Gasteiger partial charge < -0.3 is 19.5 Å². The first-order valence-corrected chi connectivity index (χ1v) is 11.4. The summed E-state index contributed by atoms with van der Waals surface area (Å²) in [4.78, 5) is 17.1. The zero-order valence-electron chi connectivity index (χ0n) is 19.9. The number of hydrogen-bond donors (Lipinski definition) is 1. The maximum Gasteiger partial charge on any atom is 0.255 e. The predicted octanol–water partition coefficient (Wildman–Crippen LogP) is 6.96. The number of methoxy groups -OCH3 is 2. The summed E-state index contributed by atoms with van der Waals surface area (Å²) in [5.41, 5.74) is 4.16. The van der Waals surface area contributed by atoms with Crippen LogP contribution in [-0.2, 0) is 0 Å². The Hall–Kier alpha value is -4.84. The molecule has 6 nitrogen and oxygen atoms in total. The molecular weight excluding hydrogens is 452 g/mol. The van der Waals surface area contributed by atoms with Gasteiger partial charge in [0, 0.05) is 28.9 Å². The average Bonchev–Trinajstić information content (AvgIpc) is 2.94. The Morgan fingerprint density at radius 3 is 2.08 bits per heavy atom. The van der Waals surface area contributed by atoms with Crippen molar-refractivity contribution in [3.8, 4) is 34.1 Å². The number of pyridine rings is 1. The Morgan fingerprint density at radius 2 is 1.39 bits per heavy atom. The minimum Gasteiger partial charge on any atom is -0.493 e. The number of amides is 1.